The number of aromatic nitrogens is 2. The lowest BCUT2D eigenvalue weighted by Gasteiger charge is -2.26. The Hall–Kier alpha value is -6.34. The van der Waals surface area contributed by atoms with Crippen LogP contribution in [0.25, 0.3) is 84.8 Å². The van der Waals surface area contributed by atoms with E-state index in [9.17, 15) is 0 Å². The Labute approximate surface area is 306 Å². The molecule has 0 radical (unpaired) electrons. The zero-order chi connectivity index (χ0) is 34.2. The van der Waals surface area contributed by atoms with E-state index < -0.39 is 0 Å². The van der Waals surface area contributed by atoms with Gasteiger partial charge in [-0.15, -0.1) is 32.9 Å². The van der Waals surface area contributed by atoms with Crippen molar-refractivity contribution in [2.24, 2.45) is 0 Å². The van der Waals surface area contributed by atoms with Crippen LogP contribution in [0.2, 0.25) is 0 Å². The summed E-state index contributed by atoms with van der Waals surface area (Å²) >= 11 is 3.71. The van der Waals surface area contributed by atoms with Gasteiger partial charge in [0.1, 0.15) is 0 Å². The summed E-state index contributed by atoms with van der Waals surface area (Å²) in [5.41, 5.74) is 4.98. The highest BCUT2D eigenvalue weighted by Crippen LogP contribution is 2.42. The lowest BCUT2D eigenvalue weighted by Crippen LogP contribution is -2.09. The number of nitrogens with zero attached hydrogens (tertiary/aromatic N) is 3. The molecule has 0 aliphatic heterocycles. The predicted octanol–water partition coefficient (Wildman–Crippen LogP) is 13.9. The van der Waals surface area contributed by atoms with Crippen molar-refractivity contribution in [1.29, 1.82) is 0 Å². The van der Waals surface area contributed by atoms with Gasteiger partial charge in [0, 0.05) is 68.5 Å². The zero-order valence-electron chi connectivity index (χ0n) is 27.7. The molecule has 0 spiro atoms. The molecule has 11 aromatic rings. The van der Waals surface area contributed by atoms with Gasteiger partial charge in [0.15, 0.2) is 0 Å². The first-order valence-electron chi connectivity index (χ1n) is 17.2. The van der Waals surface area contributed by atoms with Crippen LogP contribution >= 0.6 is 22.7 Å². The zero-order valence-corrected chi connectivity index (χ0v) is 29.3. The first-order valence-corrected chi connectivity index (χ1v) is 18.8. The monoisotopic (exact) mass is 701 g/mol. The van der Waals surface area contributed by atoms with Gasteiger partial charge in [-0.1, -0.05) is 66.7 Å². The molecule has 0 saturated heterocycles. The van der Waals surface area contributed by atoms with Gasteiger partial charge in [0.05, 0.1) is 0 Å². The van der Waals surface area contributed by atoms with Crippen LogP contribution in [0.1, 0.15) is 0 Å². The molecule has 0 fully saturated rings. The van der Waals surface area contributed by atoms with Gasteiger partial charge in [-0.2, -0.15) is 0 Å². The van der Waals surface area contributed by atoms with Crippen LogP contribution in [-0.4, -0.2) is 10.2 Å². The summed E-state index contributed by atoms with van der Waals surface area (Å²) in [6, 6.07) is 58.6. The first kappa shape index (κ1) is 29.4. The standard InChI is InChI=1S/C46H27N3OS2/c1-2-8-28(9-3-1)45-47-48-46(50-45)29-14-18-34(19-15-29)49(35-20-16-30-26-43-39(24-32(30)22-35)37-10-4-6-12-41(37)51-43)36-21-17-31-27-44-40(25-33(31)23-36)38-11-5-7-13-42(38)52-44/h1-27H. The van der Waals surface area contributed by atoms with Crippen molar-refractivity contribution in [2.75, 3.05) is 4.90 Å². The van der Waals surface area contributed by atoms with Crippen molar-refractivity contribution in [1.82, 2.24) is 10.2 Å². The molecule has 8 aromatic carbocycles. The molecule has 3 aromatic heterocycles. The summed E-state index contributed by atoms with van der Waals surface area (Å²) < 4.78 is 11.4. The van der Waals surface area contributed by atoms with Crippen molar-refractivity contribution in [3.05, 3.63) is 164 Å². The molecular formula is C46H27N3OS2. The molecule has 0 atom stereocenters. The van der Waals surface area contributed by atoms with Crippen LogP contribution in [0.5, 0.6) is 0 Å². The second-order valence-electron chi connectivity index (χ2n) is 13.1. The summed E-state index contributed by atoms with van der Waals surface area (Å²) in [5, 5.41) is 18.8. The highest BCUT2D eigenvalue weighted by Gasteiger charge is 2.17. The van der Waals surface area contributed by atoms with Crippen molar-refractivity contribution in [2.45, 2.75) is 0 Å². The third-order valence-corrected chi connectivity index (χ3v) is 12.2. The molecule has 3 heterocycles. The van der Waals surface area contributed by atoms with Crippen LogP contribution in [0, 0.1) is 0 Å². The molecule has 0 N–H and O–H groups in total. The van der Waals surface area contributed by atoms with Crippen LogP contribution in [0.3, 0.4) is 0 Å². The fourth-order valence-electron chi connectivity index (χ4n) is 7.43. The number of rotatable bonds is 5. The Kier molecular flexibility index (Phi) is 6.56. The molecule has 0 amide bonds. The third-order valence-electron chi connectivity index (χ3n) is 9.97. The smallest absolute Gasteiger partial charge is 0.248 e. The summed E-state index contributed by atoms with van der Waals surface area (Å²) in [4.78, 5) is 2.34. The molecule has 4 nitrogen and oxygen atoms in total. The Morgan fingerprint density at radius 2 is 0.846 bits per heavy atom. The highest BCUT2D eigenvalue weighted by molar-refractivity contribution is 7.26. The quantitative estimate of drug-likeness (QED) is 0.179. The lowest BCUT2D eigenvalue weighted by atomic mass is 10.0. The molecule has 0 unspecified atom stereocenters. The SMILES string of the molecule is c1ccc(-c2nnc(-c3ccc(N(c4ccc5cc6sc7ccccc7c6cc5c4)c4ccc5cc6sc7ccccc7c6cc5c4)cc3)o2)cc1. The van der Waals surface area contributed by atoms with Gasteiger partial charge in [-0.3, -0.25) is 0 Å². The van der Waals surface area contributed by atoms with Gasteiger partial charge in [0.25, 0.3) is 0 Å². The second-order valence-corrected chi connectivity index (χ2v) is 15.3. The minimum absolute atomic E-state index is 0.493. The van der Waals surface area contributed by atoms with Crippen LogP contribution in [0.15, 0.2) is 168 Å². The molecule has 52 heavy (non-hydrogen) atoms. The van der Waals surface area contributed by atoms with Gasteiger partial charge < -0.3 is 9.32 Å². The molecule has 0 bridgehead atoms. The maximum atomic E-state index is 6.11. The van der Waals surface area contributed by atoms with Crippen molar-refractivity contribution in [3.8, 4) is 22.9 Å². The van der Waals surface area contributed by atoms with Gasteiger partial charge in [-0.25, -0.2) is 0 Å². The van der Waals surface area contributed by atoms with E-state index in [-0.39, 0.29) is 0 Å². The average molecular weight is 702 g/mol. The maximum Gasteiger partial charge on any atom is 0.248 e. The van der Waals surface area contributed by atoms with E-state index in [2.05, 4.69) is 149 Å². The molecule has 11 rings (SSSR count). The summed E-state index contributed by atoms with van der Waals surface area (Å²) in [5.74, 6) is 1.00. The number of hydrogen-bond donors (Lipinski definition) is 0. The Bertz CT molecular complexity index is 2990. The topological polar surface area (TPSA) is 42.2 Å². The van der Waals surface area contributed by atoms with Crippen molar-refractivity contribution < 1.29 is 4.42 Å². The average Bonchev–Trinajstić information content (AvgIpc) is 3.93. The van der Waals surface area contributed by atoms with E-state index in [0.717, 1.165) is 28.2 Å². The van der Waals surface area contributed by atoms with E-state index >= 15 is 0 Å². The second kappa shape index (κ2) is 11.6. The first-order chi connectivity index (χ1) is 25.7. The third kappa shape index (κ3) is 4.80. The van der Waals surface area contributed by atoms with Crippen LogP contribution < -0.4 is 4.90 Å². The van der Waals surface area contributed by atoms with Gasteiger partial charge in [0.2, 0.25) is 11.8 Å². The van der Waals surface area contributed by atoms with Gasteiger partial charge >= 0.3 is 0 Å². The highest BCUT2D eigenvalue weighted by atomic mass is 32.1. The molecule has 244 valence electrons. The van der Waals surface area contributed by atoms with E-state index in [1.54, 1.807) is 0 Å². The number of hydrogen-bond acceptors (Lipinski definition) is 6. The number of thiophene rings is 2. The lowest BCUT2D eigenvalue weighted by molar-refractivity contribution is 0.584. The minimum atomic E-state index is 0.493. The fraction of sp³-hybridized carbons (Fsp3) is 0. The number of fused-ring (bicyclic) bond motifs is 8. The Morgan fingerprint density at radius 3 is 1.40 bits per heavy atom. The van der Waals surface area contributed by atoms with E-state index in [4.69, 9.17) is 4.42 Å². The van der Waals surface area contributed by atoms with E-state index in [0.29, 0.717) is 11.8 Å². The van der Waals surface area contributed by atoms with Gasteiger partial charge in [-0.05, 0) is 119 Å². The van der Waals surface area contributed by atoms with Crippen molar-refractivity contribution >= 4 is 102 Å². The van der Waals surface area contributed by atoms with Crippen LogP contribution in [0.4, 0.5) is 17.1 Å². The molecule has 0 aliphatic rings. The van der Waals surface area contributed by atoms with E-state index in [1.165, 1.54) is 61.9 Å². The molecule has 6 heteroatoms. The largest absolute Gasteiger partial charge is 0.416 e. The van der Waals surface area contributed by atoms with E-state index in [1.807, 2.05) is 53.0 Å². The van der Waals surface area contributed by atoms with Crippen LogP contribution in [-0.2, 0) is 0 Å². The predicted molar refractivity (Wildman–Crippen MR) is 221 cm³/mol. The summed E-state index contributed by atoms with van der Waals surface area (Å²) in [6.45, 7) is 0. The Balaban J connectivity index is 1.06. The summed E-state index contributed by atoms with van der Waals surface area (Å²) in [6.07, 6.45) is 0. The minimum Gasteiger partial charge on any atom is -0.416 e. The fourth-order valence-corrected chi connectivity index (χ4v) is 9.70. The maximum absolute atomic E-state index is 6.11. The molecule has 0 aliphatic carbocycles. The molecule has 0 saturated carbocycles. The number of benzene rings is 8. The number of anilines is 3. The van der Waals surface area contributed by atoms with Crippen molar-refractivity contribution in [3.63, 3.8) is 0 Å². The molecular weight excluding hydrogens is 675 g/mol. The Morgan fingerprint density at radius 1 is 0.365 bits per heavy atom. The normalized spacial score (nSPS) is 11.8. The summed E-state index contributed by atoms with van der Waals surface area (Å²) in [7, 11) is 0.